The Kier molecular flexibility index (Phi) is 4.49. The number of aromatic nitrogens is 2. The average Bonchev–Trinajstić information content (AvgIpc) is 3.01. The Labute approximate surface area is 143 Å². The molecule has 1 aromatic carbocycles. The number of nitrogens with zero attached hydrogens (tertiary/aromatic N) is 2. The van der Waals surface area contributed by atoms with Crippen molar-refractivity contribution in [3.8, 4) is 5.88 Å². The second-order valence-electron chi connectivity index (χ2n) is 6.43. The summed E-state index contributed by atoms with van der Waals surface area (Å²) < 4.78 is 30.2. The minimum absolute atomic E-state index is 0.144. The Morgan fingerprint density at radius 2 is 2.04 bits per heavy atom. The highest BCUT2D eigenvalue weighted by Crippen LogP contribution is 2.27. The first-order chi connectivity index (χ1) is 12.5. The monoisotopic (exact) mass is 315 g/mol. The molecule has 1 aliphatic carbocycles. The molecule has 1 heterocycles. The predicted molar refractivity (Wildman–Crippen MR) is 93.6 cm³/mol. The van der Waals surface area contributed by atoms with Crippen LogP contribution in [0.25, 0.3) is 0 Å². The van der Waals surface area contributed by atoms with Gasteiger partial charge in [0.15, 0.2) is 0 Å². The number of aryl methyl sites for hydroxylation is 1. The molecule has 0 unspecified atom stereocenters. The molecule has 0 saturated heterocycles. The summed E-state index contributed by atoms with van der Waals surface area (Å²) in [4.78, 5) is 0. The Bertz CT molecular complexity index is 676. The Hall–Kier alpha value is -1.77. The quantitative estimate of drug-likeness (QED) is 0.719. The zero-order chi connectivity index (χ0) is 18.4. The lowest BCUT2D eigenvalue weighted by atomic mass is 9.89. The van der Waals surface area contributed by atoms with Crippen molar-refractivity contribution in [1.29, 1.82) is 0 Å². The summed E-state index contributed by atoms with van der Waals surface area (Å²) >= 11 is 0. The van der Waals surface area contributed by atoms with Crippen LogP contribution in [0.3, 0.4) is 0 Å². The second kappa shape index (κ2) is 8.19. The highest BCUT2D eigenvalue weighted by molar-refractivity contribution is 5.19. The summed E-state index contributed by atoms with van der Waals surface area (Å²) in [5, 5.41) is 4.66. The van der Waals surface area contributed by atoms with Crippen LogP contribution in [-0.4, -0.2) is 9.78 Å². The van der Waals surface area contributed by atoms with Gasteiger partial charge in [0.25, 0.3) is 0 Å². The van der Waals surface area contributed by atoms with Crippen molar-refractivity contribution >= 4 is 0 Å². The highest BCUT2D eigenvalue weighted by Gasteiger charge is 2.17. The smallest absolute Gasteiger partial charge is 0.212 e. The number of hydrogen-bond acceptors (Lipinski definition) is 2. The molecule has 23 heavy (non-hydrogen) atoms. The van der Waals surface area contributed by atoms with E-state index in [9.17, 15) is 0 Å². The third kappa shape index (κ3) is 4.60. The predicted octanol–water partition coefficient (Wildman–Crippen LogP) is 4.99. The second-order valence-corrected chi connectivity index (χ2v) is 6.43. The molecule has 1 fully saturated rings. The molecule has 124 valence electrons. The van der Waals surface area contributed by atoms with Crippen LogP contribution in [0.2, 0.25) is 0 Å². The first-order valence-corrected chi connectivity index (χ1v) is 8.73. The van der Waals surface area contributed by atoms with E-state index in [1.54, 1.807) is 0 Å². The van der Waals surface area contributed by atoms with Crippen LogP contribution in [0, 0.1) is 5.92 Å². The lowest BCUT2D eigenvalue weighted by molar-refractivity contribution is 0.245. The molecule has 0 atom stereocenters. The molecule has 0 spiro atoms. The summed E-state index contributed by atoms with van der Waals surface area (Å²) in [7, 11) is 0. The van der Waals surface area contributed by atoms with Gasteiger partial charge in [0.05, 0.1) is 5.69 Å². The molecule has 1 aromatic heterocycles. The molecule has 1 saturated carbocycles. The molecule has 1 aliphatic rings. The van der Waals surface area contributed by atoms with Crippen molar-refractivity contribution < 1.29 is 8.85 Å². The fourth-order valence-electron chi connectivity index (χ4n) is 3.29. The van der Waals surface area contributed by atoms with Crippen molar-refractivity contribution in [3.63, 3.8) is 0 Å². The maximum absolute atomic E-state index is 7.41. The van der Waals surface area contributed by atoms with E-state index in [-0.39, 0.29) is 6.42 Å². The molecule has 3 heteroatoms. The van der Waals surface area contributed by atoms with Crippen LogP contribution in [0.15, 0.2) is 36.4 Å². The van der Waals surface area contributed by atoms with Gasteiger partial charge in [-0.15, -0.1) is 0 Å². The van der Waals surface area contributed by atoms with E-state index >= 15 is 0 Å². The Balaban J connectivity index is 1.69. The zero-order valence-corrected chi connectivity index (χ0v) is 13.7. The fraction of sp³-hybridized carbons (Fsp3) is 0.550. The van der Waals surface area contributed by atoms with Gasteiger partial charge in [-0.3, -0.25) is 0 Å². The van der Waals surface area contributed by atoms with Crippen molar-refractivity contribution in [2.45, 2.75) is 64.9 Å². The van der Waals surface area contributed by atoms with Gasteiger partial charge >= 0.3 is 0 Å². The van der Waals surface area contributed by atoms with Crippen molar-refractivity contribution in [2.75, 3.05) is 0 Å². The lowest BCUT2D eigenvalue weighted by Gasteiger charge is -2.22. The van der Waals surface area contributed by atoms with E-state index in [0.29, 0.717) is 18.9 Å². The van der Waals surface area contributed by atoms with Gasteiger partial charge in [0, 0.05) is 16.7 Å². The van der Waals surface area contributed by atoms with E-state index in [1.165, 1.54) is 32.1 Å². The summed E-state index contributed by atoms with van der Waals surface area (Å²) in [6.07, 6.45) is 6.99. The molecule has 0 radical (unpaired) electrons. The number of hydrogen-bond donors (Lipinski definition) is 0. The maximum atomic E-state index is 7.41. The minimum atomic E-state index is -1.92. The number of rotatable bonds is 7. The fourth-order valence-corrected chi connectivity index (χ4v) is 3.29. The highest BCUT2D eigenvalue weighted by atomic mass is 16.5. The molecule has 0 N–H and O–H groups in total. The van der Waals surface area contributed by atoms with Crippen molar-refractivity contribution in [3.05, 3.63) is 47.7 Å². The van der Waals surface area contributed by atoms with E-state index in [4.69, 9.17) is 8.85 Å². The molecular formula is C20H28N2O. The maximum Gasteiger partial charge on any atom is 0.212 e. The molecule has 2 aromatic rings. The third-order valence-corrected chi connectivity index (χ3v) is 4.56. The van der Waals surface area contributed by atoms with Crippen LogP contribution in [0.5, 0.6) is 5.88 Å². The van der Waals surface area contributed by atoms with Crippen LogP contribution >= 0.6 is 0 Å². The van der Waals surface area contributed by atoms with Crippen molar-refractivity contribution in [2.24, 2.45) is 5.92 Å². The van der Waals surface area contributed by atoms with Gasteiger partial charge in [-0.2, -0.15) is 5.10 Å². The largest absolute Gasteiger partial charge is 0.473 e. The molecule has 3 nitrogen and oxygen atoms in total. The van der Waals surface area contributed by atoms with Gasteiger partial charge in [-0.25, -0.2) is 4.68 Å². The molecule has 0 bridgehead atoms. The van der Waals surface area contributed by atoms with Crippen LogP contribution in [-0.2, 0) is 19.6 Å². The summed E-state index contributed by atoms with van der Waals surface area (Å²) in [5.74, 6) is 1.39. The van der Waals surface area contributed by atoms with Crippen LogP contribution < -0.4 is 4.74 Å². The summed E-state index contributed by atoms with van der Waals surface area (Å²) in [5.41, 5.74) is 1.92. The number of benzene rings is 1. The normalized spacial score (nSPS) is 18.2. The molecule has 0 aliphatic heterocycles. The van der Waals surface area contributed by atoms with E-state index < -0.39 is 6.85 Å². The summed E-state index contributed by atoms with van der Waals surface area (Å²) in [6, 6.07) is 12.0. The lowest BCUT2D eigenvalue weighted by Crippen LogP contribution is -2.16. The van der Waals surface area contributed by atoms with E-state index in [1.807, 2.05) is 41.1 Å². The SMILES string of the molecule is [2H]C([2H])([2H])CCc1cc(OCc2ccccc2)n(CC2CCCCC2)n1. The van der Waals surface area contributed by atoms with Gasteiger partial charge in [-0.1, -0.05) is 62.9 Å². The van der Waals surface area contributed by atoms with E-state index in [0.717, 1.165) is 23.7 Å². The van der Waals surface area contributed by atoms with Gasteiger partial charge in [0.1, 0.15) is 6.61 Å². The first kappa shape index (κ1) is 12.6. The summed E-state index contributed by atoms with van der Waals surface area (Å²) in [6.45, 7) is -0.563. The first-order valence-electron chi connectivity index (χ1n) is 10.2. The number of ether oxygens (including phenoxy) is 1. The van der Waals surface area contributed by atoms with Crippen LogP contribution in [0.1, 0.15) is 60.7 Å². The van der Waals surface area contributed by atoms with E-state index in [2.05, 4.69) is 5.10 Å². The zero-order valence-electron chi connectivity index (χ0n) is 16.7. The molecule has 0 amide bonds. The average molecular weight is 315 g/mol. The van der Waals surface area contributed by atoms with Gasteiger partial charge < -0.3 is 4.74 Å². The Morgan fingerprint density at radius 3 is 2.83 bits per heavy atom. The standard InChI is InChI=1S/C20H28N2O/c1-2-9-19-14-20(23-16-18-12-7-4-8-13-18)22(21-19)15-17-10-5-3-6-11-17/h4,7-8,12-14,17H,2-3,5-6,9-11,15-16H2,1H3/i1D3. The topological polar surface area (TPSA) is 27.1 Å². The molecular weight excluding hydrogens is 284 g/mol. The Morgan fingerprint density at radius 1 is 1.22 bits per heavy atom. The third-order valence-electron chi connectivity index (χ3n) is 4.56. The van der Waals surface area contributed by atoms with Gasteiger partial charge in [0.2, 0.25) is 5.88 Å². The van der Waals surface area contributed by atoms with Crippen LogP contribution in [0.4, 0.5) is 0 Å². The van der Waals surface area contributed by atoms with Crippen molar-refractivity contribution in [1.82, 2.24) is 9.78 Å². The minimum Gasteiger partial charge on any atom is -0.473 e. The molecule has 3 rings (SSSR count). The van der Waals surface area contributed by atoms with Gasteiger partial charge in [-0.05, 0) is 30.7 Å².